The van der Waals surface area contributed by atoms with Crippen LogP contribution in [0.5, 0.6) is 5.75 Å². The van der Waals surface area contributed by atoms with Crippen LogP contribution < -0.4 is 10.5 Å². The zero-order chi connectivity index (χ0) is 14.0. The summed E-state index contributed by atoms with van der Waals surface area (Å²) in [6.07, 6.45) is 0.152. The Morgan fingerprint density at radius 1 is 1.32 bits per heavy atom. The molecule has 0 amide bonds. The van der Waals surface area contributed by atoms with E-state index in [4.69, 9.17) is 22.1 Å². The van der Waals surface area contributed by atoms with Gasteiger partial charge in [-0.2, -0.15) is 0 Å². The molecule has 0 bridgehead atoms. The molecule has 1 atom stereocenters. The van der Waals surface area contributed by atoms with E-state index in [2.05, 4.69) is 0 Å². The van der Waals surface area contributed by atoms with Crippen molar-refractivity contribution in [3.05, 3.63) is 50.7 Å². The molecule has 0 saturated heterocycles. The summed E-state index contributed by atoms with van der Waals surface area (Å²) in [5.41, 5.74) is 8.39. The number of thiophene rings is 1. The lowest BCUT2D eigenvalue weighted by Crippen LogP contribution is -2.12. The molecule has 2 rings (SSSR count). The van der Waals surface area contributed by atoms with Crippen LogP contribution in [0.4, 0.5) is 0 Å². The van der Waals surface area contributed by atoms with Gasteiger partial charge in [0, 0.05) is 4.88 Å². The summed E-state index contributed by atoms with van der Waals surface area (Å²) in [4.78, 5) is 1.00. The summed E-state index contributed by atoms with van der Waals surface area (Å²) in [7, 11) is 0. The Labute approximate surface area is 123 Å². The molecule has 1 aromatic carbocycles. The number of nitrogens with two attached hydrogens (primary N) is 1. The second-order valence-corrected chi connectivity index (χ2v) is 6.10. The van der Waals surface area contributed by atoms with E-state index in [1.807, 2.05) is 50.4 Å². The van der Waals surface area contributed by atoms with Crippen LogP contribution in [0, 0.1) is 6.92 Å². The Kier molecular flexibility index (Phi) is 4.50. The topological polar surface area (TPSA) is 35.2 Å². The van der Waals surface area contributed by atoms with Crippen molar-refractivity contribution in [2.75, 3.05) is 0 Å². The lowest BCUT2D eigenvalue weighted by molar-refractivity contribution is 0.242. The highest BCUT2D eigenvalue weighted by atomic mass is 35.5. The minimum Gasteiger partial charge on any atom is -0.491 e. The van der Waals surface area contributed by atoms with Crippen molar-refractivity contribution in [3.8, 4) is 5.75 Å². The zero-order valence-electron chi connectivity index (χ0n) is 11.3. The molecule has 1 unspecified atom stereocenters. The van der Waals surface area contributed by atoms with Crippen LogP contribution in [0.2, 0.25) is 5.02 Å². The van der Waals surface area contributed by atoms with E-state index in [9.17, 15) is 0 Å². The van der Waals surface area contributed by atoms with Gasteiger partial charge in [-0.25, -0.2) is 0 Å². The SMILES string of the molecule is Cc1csc(C(N)c2cccc(OC(C)C)c2)c1Cl. The molecule has 1 aromatic heterocycles. The molecule has 1 heterocycles. The first kappa shape index (κ1) is 14.4. The Bertz CT molecular complexity index is 565. The molecule has 2 aromatic rings. The van der Waals surface area contributed by atoms with Gasteiger partial charge in [-0.15, -0.1) is 11.3 Å². The molecule has 0 spiro atoms. The number of benzene rings is 1. The van der Waals surface area contributed by atoms with E-state index in [0.29, 0.717) is 0 Å². The van der Waals surface area contributed by atoms with Crippen molar-refractivity contribution in [2.24, 2.45) is 5.73 Å². The Morgan fingerprint density at radius 3 is 2.63 bits per heavy atom. The Hall–Kier alpha value is -1.03. The van der Waals surface area contributed by atoms with Crippen molar-refractivity contribution in [1.82, 2.24) is 0 Å². The molecular formula is C15H18ClNOS. The monoisotopic (exact) mass is 295 g/mol. The minimum atomic E-state index is -0.207. The normalized spacial score (nSPS) is 12.7. The Morgan fingerprint density at radius 2 is 2.05 bits per heavy atom. The van der Waals surface area contributed by atoms with Crippen molar-refractivity contribution in [3.63, 3.8) is 0 Å². The van der Waals surface area contributed by atoms with Gasteiger partial charge < -0.3 is 10.5 Å². The molecule has 4 heteroatoms. The quantitative estimate of drug-likeness (QED) is 0.898. The number of halogens is 1. The highest BCUT2D eigenvalue weighted by Crippen LogP contribution is 2.35. The maximum atomic E-state index is 6.30. The summed E-state index contributed by atoms with van der Waals surface area (Å²) >= 11 is 7.88. The van der Waals surface area contributed by atoms with Crippen LogP contribution in [-0.2, 0) is 0 Å². The zero-order valence-corrected chi connectivity index (χ0v) is 12.9. The maximum absolute atomic E-state index is 6.30. The van der Waals surface area contributed by atoms with Gasteiger partial charge in [-0.3, -0.25) is 0 Å². The van der Waals surface area contributed by atoms with Gasteiger partial charge in [0.15, 0.2) is 0 Å². The van der Waals surface area contributed by atoms with Crippen molar-refractivity contribution < 1.29 is 4.74 Å². The van der Waals surface area contributed by atoms with E-state index in [1.165, 1.54) is 0 Å². The number of hydrogen-bond donors (Lipinski definition) is 1. The van der Waals surface area contributed by atoms with Gasteiger partial charge in [-0.1, -0.05) is 23.7 Å². The van der Waals surface area contributed by atoms with E-state index in [-0.39, 0.29) is 12.1 Å². The third-order valence-electron chi connectivity index (χ3n) is 2.80. The predicted octanol–water partition coefficient (Wildman–Crippen LogP) is 4.55. The third kappa shape index (κ3) is 3.30. The molecule has 2 N–H and O–H groups in total. The highest BCUT2D eigenvalue weighted by molar-refractivity contribution is 7.10. The molecule has 0 radical (unpaired) electrons. The first-order valence-corrected chi connectivity index (χ1v) is 7.50. The van der Waals surface area contributed by atoms with Gasteiger partial charge >= 0.3 is 0 Å². The average Bonchev–Trinajstić information content (AvgIpc) is 2.69. The number of hydrogen-bond acceptors (Lipinski definition) is 3. The summed E-state index contributed by atoms with van der Waals surface area (Å²) < 4.78 is 5.69. The maximum Gasteiger partial charge on any atom is 0.120 e. The third-order valence-corrected chi connectivity index (χ3v) is 4.59. The summed E-state index contributed by atoms with van der Waals surface area (Å²) in [5.74, 6) is 0.840. The number of ether oxygens (including phenoxy) is 1. The van der Waals surface area contributed by atoms with Crippen LogP contribution in [0.1, 0.15) is 35.9 Å². The van der Waals surface area contributed by atoms with Gasteiger partial charge in [0.25, 0.3) is 0 Å². The molecule has 0 aliphatic heterocycles. The fourth-order valence-corrected chi connectivity index (χ4v) is 3.20. The smallest absolute Gasteiger partial charge is 0.120 e. The summed E-state index contributed by atoms with van der Waals surface area (Å²) in [6.45, 7) is 6.01. The second kappa shape index (κ2) is 5.95. The van der Waals surface area contributed by atoms with Gasteiger partial charge in [0.05, 0.1) is 17.2 Å². The van der Waals surface area contributed by atoms with Crippen molar-refractivity contribution in [1.29, 1.82) is 0 Å². The molecule has 0 fully saturated rings. The molecule has 0 aliphatic carbocycles. The largest absolute Gasteiger partial charge is 0.491 e. The van der Waals surface area contributed by atoms with Crippen LogP contribution >= 0.6 is 22.9 Å². The average molecular weight is 296 g/mol. The van der Waals surface area contributed by atoms with Crippen LogP contribution in [0.25, 0.3) is 0 Å². The van der Waals surface area contributed by atoms with Crippen LogP contribution in [0.3, 0.4) is 0 Å². The second-order valence-electron chi connectivity index (χ2n) is 4.81. The molecular weight excluding hydrogens is 278 g/mol. The highest BCUT2D eigenvalue weighted by Gasteiger charge is 2.16. The van der Waals surface area contributed by atoms with Gasteiger partial charge in [0.1, 0.15) is 5.75 Å². The fraction of sp³-hybridized carbons (Fsp3) is 0.333. The standard InChI is InChI=1S/C15H18ClNOS/c1-9(2)18-12-6-4-5-11(7-12)14(17)15-13(16)10(3)8-19-15/h4-9,14H,17H2,1-3H3. The lowest BCUT2D eigenvalue weighted by Gasteiger charge is -2.14. The van der Waals surface area contributed by atoms with E-state index in [0.717, 1.165) is 26.8 Å². The van der Waals surface area contributed by atoms with Crippen molar-refractivity contribution >= 4 is 22.9 Å². The summed E-state index contributed by atoms with van der Waals surface area (Å²) in [5, 5.41) is 2.80. The van der Waals surface area contributed by atoms with Gasteiger partial charge in [-0.05, 0) is 49.4 Å². The molecule has 102 valence electrons. The van der Waals surface area contributed by atoms with E-state index in [1.54, 1.807) is 11.3 Å². The van der Waals surface area contributed by atoms with Crippen LogP contribution in [0.15, 0.2) is 29.6 Å². The summed E-state index contributed by atoms with van der Waals surface area (Å²) in [6, 6.07) is 7.68. The number of rotatable bonds is 4. The first-order chi connectivity index (χ1) is 8.99. The fourth-order valence-electron chi connectivity index (χ4n) is 1.86. The molecule has 2 nitrogen and oxygen atoms in total. The Balaban J connectivity index is 2.28. The van der Waals surface area contributed by atoms with E-state index < -0.39 is 0 Å². The molecule has 0 saturated carbocycles. The predicted molar refractivity (Wildman–Crippen MR) is 82.3 cm³/mol. The van der Waals surface area contributed by atoms with Gasteiger partial charge in [0.2, 0.25) is 0 Å². The minimum absolute atomic E-state index is 0.152. The van der Waals surface area contributed by atoms with E-state index >= 15 is 0 Å². The number of aryl methyl sites for hydroxylation is 1. The lowest BCUT2D eigenvalue weighted by atomic mass is 10.1. The molecule has 19 heavy (non-hydrogen) atoms. The molecule has 0 aliphatic rings. The van der Waals surface area contributed by atoms with Crippen molar-refractivity contribution in [2.45, 2.75) is 32.9 Å². The van der Waals surface area contributed by atoms with Crippen LogP contribution in [-0.4, -0.2) is 6.10 Å². The first-order valence-electron chi connectivity index (χ1n) is 6.24.